The highest BCUT2D eigenvalue weighted by Crippen LogP contribution is 2.42. The molecule has 154 valence electrons. The summed E-state index contributed by atoms with van der Waals surface area (Å²) in [6.07, 6.45) is 1.77. The monoisotopic (exact) mass is 400 g/mol. The number of hydrogen-bond donors (Lipinski definition) is 0. The Morgan fingerprint density at radius 3 is 2.52 bits per heavy atom. The lowest BCUT2D eigenvalue weighted by Crippen LogP contribution is -2.53. The molecular formula is C23H26F2N2O2. The van der Waals surface area contributed by atoms with Crippen LogP contribution in [0.3, 0.4) is 0 Å². The van der Waals surface area contributed by atoms with E-state index in [-0.39, 0.29) is 6.10 Å². The van der Waals surface area contributed by atoms with Crippen LogP contribution in [0.1, 0.15) is 36.5 Å². The molecule has 29 heavy (non-hydrogen) atoms. The molecule has 2 aromatic rings. The number of benzene rings is 2. The standard InChI is InChI=1S/C23H26F2N2O2/c1-23(17-7-8-20(24)21(25)15-17)19-6-4-3-5-16(19)9-14-27(23)22(28)29-18-10-12-26(2)13-11-18/h3-8,15,18H,9-14H2,1-2H3. The molecule has 1 amide bonds. The van der Waals surface area contributed by atoms with E-state index >= 15 is 0 Å². The maximum atomic E-state index is 14.1. The lowest BCUT2D eigenvalue weighted by Gasteiger charge is -2.46. The van der Waals surface area contributed by atoms with Crippen molar-refractivity contribution in [3.05, 3.63) is 70.8 Å². The number of carbonyl (C=O) groups is 1. The second kappa shape index (κ2) is 7.75. The van der Waals surface area contributed by atoms with Crippen LogP contribution in [-0.2, 0) is 16.7 Å². The van der Waals surface area contributed by atoms with Gasteiger partial charge in [-0.1, -0.05) is 30.3 Å². The van der Waals surface area contributed by atoms with Crippen molar-refractivity contribution in [3.63, 3.8) is 0 Å². The fraction of sp³-hybridized carbons (Fsp3) is 0.435. The fourth-order valence-corrected chi connectivity index (χ4v) is 4.51. The number of carbonyl (C=O) groups excluding carboxylic acids is 1. The normalized spacial score (nSPS) is 23.0. The van der Waals surface area contributed by atoms with E-state index < -0.39 is 23.3 Å². The molecule has 4 rings (SSSR count). The molecule has 4 nitrogen and oxygen atoms in total. The number of likely N-dealkylation sites (tertiary alicyclic amines) is 1. The Balaban J connectivity index is 1.70. The van der Waals surface area contributed by atoms with Gasteiger partial charge in [-0.3, -0.25) is 4.90 Å². The number of halogens is 2. The Kier molecular flexibility index (Phi) is 5.30. The summed E-state index contributed by atoms with van der Waals surface area (Å²) < 4.78 is 33.6. The number of piperidine rings is 1. The third-order valence-corrected chi connectivity index (χ3v) is 6.32. The summed E-state index contributed by atoms with van der Waals surface area (Å²) in [4.78, 5) is 17.1. The molecule has 0 spiro atoms. The van der Waals surface area contributed by atoms with Crippen LogP contribution in [0.2, 0.25) is 0 Å². The van der Waals surface area contributed by atoms with Gasteiger partial charge in [-0.05, 0) is 62.1 Å². The third kappa shape index (κ3) is 3.62. The molecule has 2 aliphatic rings. The van der Waals surface area contributed by atoms with E-state index in [1.807, 2.05) is 31.2 Å². The van der Waals surface area contributed by atoms with Crippen LogP contribution < -0.4 is 0 Å². The minimum absolute atomic E-state index is 0.120. The summed E-state index contributed by atoms with van der Waals surface area (Å²) in [5.74, 6) is -1.82. The molecule has 2 heterocycles. The van der Waals surface area contributed by atoms with Gasteiger partial charge in [0.15, 0.2) is 11.6 Å². The number of ether oxygens (including phenoxy) is 1. The Morgan fingerprint density at radius 2 is 1.79 bits per heavy atom. The van der Waals surface area contributed by atoms with Gasteiger partial charge in [0.25, 0.3) is 0 Å². The van der Waals surface area contributed by atoms with Crippen molar-refractivity contribution < 1.29 is 18.3 Å². The number of nitrogens with zero attached hydrogens (tertiary/aromatic N) is 2. The molecule has 1 saturated heterocycles. The summed E-state index contributed by atoms with van der Waals surface area (Å²) in [5, 5.41) is 0. The van der Waals surface area contributed by atoms with Gasteiger partial charge < -0.3 is 9.64 Å². The first-order chi connectivity index (χ1) is 13.9. The first-order valence-electron chi connectivity index (χ1n) is 10.1. The zero-order valence-electron chi connectivity index (χ0n) is 16.8. The van der Waals surface area contributed by atoms with Crippen LogP contribution in [-0.4, -0.2) is 48.7 Å². The summed E-state index contributed by atoms with van der Waals surface area (Å²) in [5.41, 5.74) is 1.61. The summed E-state index contributed by atoms with van der Waals surface area (Å²) in [6, 6.07) is 11.7. The van der Waals surface area contributed by atoms with Crippen molar-refractivity contribution in [1.29, 1.82) is 0 Å². The van der Waals surface area contributed by atoms with Crippen LogP contribution in [0.25, 0.3) is 0 Å². The SMILES string of the molecule is CN1CCC(OC(=O)N2CCc3ccccc3C2(C)c2ccc(F)c(F)c2)CC1. The number of amides is 1. The Bertz CT molecular complexity index is 912. The highest BCUT2D eigenvalue weighted by Gasteiger charge is 2.44. The summed E-state index contributed by atoms with van der Waals surface area (Å²) in [7, 11) is 2.06. The molecule has 0 radical (unpaired) electrons. The molecule has 1 unspecified atom stereocenters. The van der Waals surface area contributed by atoms with E-state index in [0.29, 0.717) is 18.5 Å². The molecular weight excluding hydrogens is 374 g/mol. The number of rotatable bonds is 2. The Hall–Kier alpha value is -2.47. The van der Waals surface area contributed by atoms with E-state index in [2.05, 4.69) is 11.9 Å². The zero-order chi connectivity index (χ0) is 20.6. The van der Waals surface area contributed by atoms with E-state index in [9.17, 15) is 13.6 Å². The molecule has 1 fully saturated rings. The molecule has 0 bridgehead atoms. The van der Waals surface area contributed by atoms with Crippen molar-refractivity contribution in [2.75, 3.05) is 26.7 Å². The predicted molar refractivity (Wildman–Crippen MR) is 107 cm³/mol. The predicted octanol–water partition coefficient (Wildman–Crippen LogP) is 4.32. The van der Waals surface area contributed by atoms with Crippen LogP contribution in [0, 0.1) is 11.6 Å². The molecule has 0 aliphatic carbocycles. The van der Waals surface area contributed by atoms with Crippen molar-refractivity contribution in [1.82, 2.24) is 9.80 Å². The average Bonchev–Trinajstić information content (AvgIpc) is 2.72. The lowest BCUT2D eigenvalue weighted by molar-refractivity contribution is 0.0125. The van der Waals surface area contributed by atoms with Gasteiger partial charge >= 0.3 is 6.09 Å². The lowest BCUT2D eigenvalue weighted by atomic mass is 9.77. The summed E-state index contributed by atoms with van der Waals surface area (Å²) in [6.45, 7) is 4.12. The molecule has 1 atom stereocenters. The van der Waals surface area contributed by atoms with Crippen molar-refractivity contribution in [3.8, 4) is 0 Å². The van der Waals surface area contributed by atoms with Crippen molar-refractivity contribution in [2.45, 2.75) is 37.8 Å². The minimum Gasteiger partial charge on any atom is -0.446 e. The van der Waals surface area contributed by atoms with E-state index in [1.54, 1.807) is 11.0 Å². The maximum Gasteiger partial charge on any atom is 0.411 e. The minimum atomic E-state index is -0.939. The second-order valence-corrected chi connectivity index (χ2v) is 8.15. The summed E-state index contributed by atoms with van der Waals surface area (Å²) >= 11 is 0. The second-order valence-electron chi connectivity index (χ2n) is 8.15. The first-order valence-corrected chi connectivity index (χ1v) is 10.1. The van der Waals surface area contributed by atoms with Crippen LogP contribution in [0.4, 0.5) is 13.6 Å². The highest BCUT2D eigenvalue weighted by atomic mass is 19.2. The molecule has 2 aliphatic heterocycles. The van der Waals surface area contributed by atoms with Gasteiger partial charge in [0, 0.05) is 19.6 Å². The molecule has 0 saturated carbocycles. The van der Waals surface area contributed by atoms with Gasteiger partial charge in [0.05, 0.1) is 5.54 Å². The van der Waals surface area contributed by atoms with E-state index in [1.165, 1.54) is 6.07 Å². The van der Waals surface area contributed by atoms with Crippen LogP contribution in [0.15, 0.2) is 42.5 Å². The van der Waals surface area contributed by atoms with Crippen LogP contribution >= 0.6 is 0 Å². The maximum absolute atomic E-state index is 14.1. The van der Waals surface area contributed by atoms with Gasteiger partial charge in [0.2, 0.25) is 0 Å². The Labute approximate surface area is 170 Å². The van der Waals surface area contributed by atoms with E-state index in [4.69, 9.17) is 4.74 Å². The number of hydrogen-bond acceptors (Lipinski definition) is 3. The quantitative estimate of drug-likeness (QED) is 0.753. The third-order valence-electron chi connectivity index (χ3n) is 6.32. The first kappa shape index (κ1) is 19.8. The van der Waals surface area contributed by atoms with Crippen LogP contribution in [0.5, 0.6) is 0 Å². The molecule has 6 heteroatoms. The van der Waals surface area contributed by atoms with E-state index in [0.717, 1.165) is 43.1 Å². The van der Waals surface area contributed by atoms with Gasteiger partial charge in [-0.2, -0.15) is 0 Å². The molecule has 2 aromatic carbocycles. The number of fused-ring (bicyclic) bond motifs is 1. The molecule has 0 aromatic heterocycles. The molecule has 0 N–H and O–H groups in total. The van der Waals surface area contributed by atoms with Gasteiger partial charge in [-0.25, -0.2) is 13.6 Å². The zero-order valence-corrected chi connectivity index (χ0v) is 16.8. The fourth-order valence-electron chi connectivity index (χ4n) is 4.51. The smallest absolute Gasteiger partial charge is 0.411 e. The van der Waals surface area contributed by atoms with Gasteiger partial charge in [-0.15, -0.1) is 0 Å². The highest BCUT2D eigenvalue weighted by molar-refractivity contribution is 5.71. The van der Waals surface area contributed by atoms with Gasteiger partial charge in [0.1, 0.15) is 6.10 Å². The topological polar surface area (TPSA) is 32.8 Å². The van der Waals surface area contributed by atoms with Crippen molar-refractivity contribution in [2.24, 2.45) is 0 Å². The Morgan fingerprint density at radius 1 is 1.07 bits per heavy atom. The average molecular weight is 400 g/mol. The largest absolute Gasteiger partial charge is 0.446 e. The van der Waals surface area contributed by atoms with Crippen molar-refractivity contribution >= 4 is 6.09 Å².